The summed E-state index contributed by atoms with van der Waals surface area (Å²) in [5.41, 5.74) is 0.687. The van der Waals surface area contributed by atoms with Crippen molar-refractivity contribution < 1.29 is 9.90 Å². The fourth-order valence-corrected chi connectivity index (χ4v) is 3.18. The molecule has 0 saturated carbocycles. The third-order valence-corrected chi connectivity index (χ3v) is 4.36. The standard InChI is InChI=1S/C12H20N4O2S/c1-8-11(19-14-13-8)12(18)16-5-9(4-15(2)3)10(6-16)7-17/h9-10,17H,4-7H2,1-3H3/t9-,10-/m1/s1. The van der Waals surface area contributed by atoms with Crippen molar-refractivity contribution in [1.29, 1.82) is 0 Å². The van der Waals surface area contributed by atoms with Crippen LogP contribution >= 0.6 is 11.5 Å². The molecule has 1 aliphatic rings. The molecule has 2 rings (SSSR count). The van der Waals surface area contributed by atoms with Crippen molar-refractivity contribution in [2.45, 2.75) is 6.92 Å². The predicted octanol–water partition coefficient (Wildman–Crippen LogP) is 0.0886. The van der Waals surface area contributed by atoms with Crippen LogP contribution in [0.5, 0.6) is 0 Å². The number of aliphatic hydroxyl groups is 1. The number of hydrogen-bond donors (Lipinski definition) is 1. The maximum Gasteiger partial charge on any atom is 0.267 e. The summed E-state index contributed by atoms with van der Waals surface area (Å²) in [4.78, 5) is 16.9. The van der Waals surface area contributed by atoms with E-state index in [1.165, 1.54) is 0 Å². The van der Waals surface area contributed by atoms with E-state index in [0.717, 1.165) is 18.1 Å². The van der Waals surface area contributed by atoms with Gasteiger partial charge in [0.15, 0.2) is 0 Å². The van der Waals surface area contributed by atoms with Gasteiger partial charge in [-0.2, -0.15) is 0 Å². The zero-order chi connectivity index (χ0) is 14.0. The van der Waals surface area contributed by atoms with Gasteiger partial charge in [0.05, 0.1) is 5.69 Å². The van der Waals surface area contributed by atoms with Crippen LogP contribution in [0.3, 0.4) is 0 Å². The highest BCUT2D eigenvalue weighted by Gasteiger charge is 2.36. The Bertz CT molecular complexity index is 449. The molecule has 106 valence electrons. The summed E-state index contributed by atoms with van der Waals surface area (Å²) in [6.45, 7) is 4.12. The number of carbonyl (C=O) groups excluding carboxylic acids is 1. The van der Waals surface area contributed by atoms with Gasteiger partial charge >= 0.3 is 0 Å². The van der Waals surface area contributed by atoms with E-state index in [1.54, 1.807) is 6.92 Å². The minimum atomic E-state index is -0.00722. The second-order valence-electron chi connectivity index (χ2n) is 5.36. The predicted molar refractivity (Wildman–Crippen MR) is 73.2 cm³/mol. The summed E-state index contributed by atoms with van der Waals surface area (Å²) >= 11 is 1.14. The van der Waals surface area contributed by atoms with Crippen LogP contribution in [0.1, 0.15) is 15.4 Å². The van der Waals surface area contributed by atoms with Gasteiger partial charge in [-0.1, -0.05) is 4.49 Å². The van der Waals surface area contributed by atoms with Crippen molar-refractivity contribution >= 4 is 17.4 Å². The lowest BCUT2D eigenvalue weighted by atomic mass is 9.97. The SMILES string of the molecule is Cc1nnsc1C(=O)N1C[C@@H](CN(C)C)[C@@H](CO)C1. The second-order valence-corrected chi connectivity index (χ2v) is 6.12. The Kier molecular flexibility index (Phi) is 4.49. The Morgan fingerprint density at radius 2 is 2.16 bits per heavy atom. The molecule has 1 saturated heterocycles. The molecule has 0 radical (unpaired) electrons. The molecule has 1 N–H and O–H groups in total. The van der Waals surface area contributed by atoms with Crippen LogP contribution in [0.25, 0.3) is 0 Å². The third-order valence-electron chi connectivity index (χ3n) is 3.54. The number of carbonyl (C=O) groups is 1. The number of nitrogens with zero attached hydrogens (tertiary/aromatic N) is 4. The van der Waals surface area contributed by atoms with Crippen LogP contribution in [-0.4, -0.2) is 70.7 Å². The van der Waals surface area contributed by atoms with Gasteiger partial charge in [-0.15, -0.1) is 5.10 Å². The summed E-state index contributed by atoms with van der Waals surface area (Å²) in [6, 6.07) is 0. The van der Waals surface area contributed by atoms with E-state index in [0.29, 0.717) is 29.6 Å². The molecule has 6 nitrogen and oxygen atoms in total. The van der Waals surface area contributed by atoms with Crippen molar-refractivity contribution in [1.82, 2.24) is 19.4 Å². The quantitative estimate of drug-likeness (QED) is 0.848. The lowest BCUT2D eigenvalue weighted by molar-refractivity contribution is 0.0783. The topological polar surface area (TPSA) is 69.6 Å². The Morgan fingerprint density at radius 1 is 1.47 bits per heavy atom. The molecular formula is C12H20N4O2S. The van der Waals surface area contributed by atoms with Crippen molar-refractivity contribution in [3.63, 3.8) is 0 Å². The van der Waals surface area contributed by atoms with E-state index in [1.807, 2.05) is 19.0 Å². The molecule has 0 aromatic carbocycles. The maximum atomic E-state index is 12.4. The molecule has 1 aromatic heterocycles. The summed E-state index contributed by atoms with van der Waals surface area (Å²) < 4.78 is 3.81. The summed E-state index contributed by atoms with van der Waals surface area (Å²) in [5.74, 6) is 0.477. The fourth-order valence-electron chi connectivity index (χ4n) is 2.56. The Labute approximate surface area is 117 Å². The molecule has 0 bridgehead atoms. The molecule has 1 aromatic rings. The van der Waals surface area contributed by atoms with E-state index in [9.17, 15) is 9.90 Å². The minimum Gasteiger partial charge on any atom is -0.396 e. The summed E-state index contributed by atoms with van der Waals surface area (Å²) in [7, 11) is 4.02. The normalized spacial score (nSPS) is 23.3. The first-order valence-corrected chi connectivity index (χ1v) is 7.14. The number of hydrogen-bond acceptors (Lipinski definition) is 6. The molecule has 0 aliphatic carbocycles. The molecular weight excluding hydrogens is 264 g/mol. The van der Waals surface area contributed by atoms with E-state index in [4.69, 9.17) is 0 Å². The zero-order valence-electron chi connectivity index (χ0n) is 11.5. The number of rotatable bonds is 4. The average Bonchev–Trinajstić information content (AvgIpc) is 2.94. The number of amides is 1. The Hall–Kier alpha value is -1.05. The van der Waals surface area contributed by atoms with Gasteiger partial charge in [0, 0.05) is 32.2 Å². The van der Waals surface area contributed by atoms with Gasteiger partial charge in [-0.3, -0.25) is 4.79 Å². The third kappa shape index (κ3) is 3.10. The minimum absolute atomic E-state index is 0.00722. The molecule has 2 heterocycles. The van der Waals surface area contributed by atoms with E-state index < -0.39 is 0 Å². The second kappa shape index (κ2) is 5.94. The largest absolute Gasteiger partial charge is 0.396 e. The van der Waals surface area contributed by atoms with Crippen LogP contribution < -0.4 is 0 Å². The lowest BCUT2D eigenvalue weighted by Crippen LogP contribution is -2.30. The Balaban J connectivity index is 2.07. The first-order chi connectivity index (χ1) is 9.02. The van der Waals surface area contributed by atoms with Crippen LogP contribution in [0, 0.1) is 18.8 Å². The van der Waals surface area contributed by atoms with E-state index >= 15 is 0 Å². The molecule has 2 atom stereocenters. The van der Waals surface area contributed by atoms with E-state index in [2.05, 4.69) is 14.5 Å². The van der Waals surface area contributed by atoms with Gasteiger partial charge < -0.3 is 14.9 Å². The van der Waals surface area contributed by atoms with Crippen molar-refractivity contribution in [2.24, 2.45) is 11.8 Å². The van der Waals surface area contributed by atoms with Crippen molar-refractivity contribution in [2.75, 3.05) is 40.3 Å². The maximum absolute atomic E-state index is 12.4. The number of likely N-dealkylation sites (tertiary alicyclic amines) is 1. The molecule has 0 spiro atoms. The van der Waals surface area contributed by atoms with Crippen LogP contribution in [0.4, 0.5) is 0 Å². The highest BCUT2D eigenvalue weighted by molar-refractivity contribution is 7.07. The van der Waals surface area contributed by atoms with Crippen molar-refractivity contribution in [3.8, 4) is 0 Å². The molecule has 0 unspecified atom stereocenters. The molecule has 7 heteroatoms. The first-order valence-electron chi connectivity index (χ1n) is 6.36. The Morgan fingerprint density at radius 3 is 2.68 bits per heavy atom. The molecule has 1 fully saturated rings. The van der Waals surface area contributed by atoms with E-state index in [-0.39, 0.29) is 18.4 Å². The van der Waals surface area contributed by atoms with Crippen LogP contribution in [0.2, 0.25) is 0 Å². The van der Waals surface area contributed by atoms with Crippen LogP contribution in [-0.2, 0) is 0 Å². The van der Waals surface area contributed by atoms with Gasteiger partial charge in [0.2, 0.25) is 0 Å². The van der Waals surface area contributed by atoms with Gasteiger partial charge in [0.25, 0.3) is 5.91 Å². The van der Waals surface area contributed by atoms with Gasteiger partial charge in [0.1, 0.15) is 4.88 Å². The smallest absolute Gasteiger partial charge is 0.267 e. The number of aryl methyl sites for hydroxylation is 1. The lowest BCUT2D eigenvalue weighted by Gasteiger charge is -2.20. The fraction of sp³-hybridized carbons (Fsp3) is 0.750. The highest BCUT2D eigenvalue weighted by Crippen LogP contribution is 2.26. The molecule has 1 amide bonds. The average molecular weight is 284 g/mol. The molecule has 19 heavy (non-hydrogen) atoms. The summed E-state index contributed by atoms with van der Waals surface area (Å²) in [5, 5.41) is 13.3. The first kappa shape index (κ1) is 14.4. The summed E-state index contributed by atoms with van der Waals surface area (Å²) in [6.07, 6.45) is 0. The van der Waals surface area contributed by atoms with Crippen LogP contribution in [0.15, 0.2) is 0 Å². The van der Waals surface area contributed by atoms with Gasteiger partial charge in [-0.05, 0) is 38.5 Å². The van der Waals surface area contributed by atoms with Crippen molar-refractivity contribution in [3.05, 3.63) is 10.6 Å². The highest BCUT2D eigenvalue weighted by atomic mass is 32.1. The van der Waals surface area contributed by atoms with Gasteiger partial charge in [-0.25, -0.2) is 0 Å². The zero-order valence-corrected chi connectivity index (χ0v) is 12.4. The molecule has 1 aliphatic heterocycles. The monoisotopic (exact) mass is 284 g/mol. The number of aliphatic hydroxyl groups excluding tert-OH is 1. The number of aromatic nitrogens is 2.